The maximum Gasteiger partial charge on any atom is 0.184 e. The first kappa shape index (κ1) is 23.2. The highest BCUT2D eigenvalue weighted by Gasteiger charge is 2.27. The molecule has 2 rings (SSSR count). The van der Waals surface area contributed by atoms with Crippen LogP contribution in [0.15, 0.2) is 28.3 Å². The Kier molecular flexibility index (Phi) is 9.43. The number of aliphatic hydroxyl groups excluding tert-OH is 1. The van der Waals surface area contributed by atoms with E-state index in [4.69, 9.17) is 4.84 Å². The maximum atomic E-state index is 14.6. The number of nitrogens with zero attached hydrogens (tertiary/aromatic N) is 4. The number of hydrogen-bond donors (Lipinski definition) is 2. The molecule has 0 amide bonds. The summed E-state index contributed by atoms with van der Waals surface area (Å²) in [5.74, 6) is -0.0286. The molecule has 7 nitrogen and oxygen atoms in total. The fraction of sp³-hybridized carbons (Fsp3) is 0.600. The molecule has 162 valence electrons. The van der Waals surface area contributed by atoms with Gasteiger partial charge in [-0.25, -0.2) is 13.8 Å². The van der Waals surface area contributed by atoms with Crippen LogP contribution >= 0.6 is 0 Å². The number of benzene rings is 1. The number of aliphatic hydroxyl groups is 1. The van der Waals surface area contributed by atoms with Gasteiger partial charge < -0.3 is 10.4 Å². The highest BCUT2D eigenvalue weighted by atomic mass is 19.1. The molecule has 1 aromatic rings. The minimum Gasteiger partial charge on any atom is -0.361 e. The van der Waals surface area contributed by atoms with Crippen LogP contribution in [0.1, 0.15) is 46.5 Å². The maximum absolute atomic E-state index is 14.6. The molecule has 1 aromatic carbocycles. The molecule has 0 aliphatic carbocycles. The number of amidine groups is 1. The fourth-order valence-corrected chi connectivity index (χ4v) is 2.84. The van der Waals surface area contributed by atoms with Gasteiger partial charge in [0.2, 0.25) is 0 Å². The molecule has 1 aliphatic heterocycles. The number of likely N-dealkylation sites (tertiary alicyclic amines) is 1. The minimum absolute atomic E-state index is 0.0975. The number of hydrogen-bond acceptors (Lipinski definition) is 6. The number of unbranched alkanes of at least 4 members (excludes halogenated alkanes) is 1. The second-order valence-corrected chi connectivity index (χ2v) is 6.78. The summed E-state index contributed by atoms with van der Waals surface area (Å²) in [6.07, 6.45) is 2.26. The third-order valence-electron chi connectivity index (χ3n) is 4.47. The van der Waals surface area contributed by atoms with Crippen LogP contribution < -0.4 is 10.5 Å². The molecule has 0 radical (unpaired) electrons. The zero-order valence-electron chi connectivity index (χ0n) is 17.3. The van der Waals surface area contributed by atoms with E-state index in [-0.39, 0.29) is 12.2 Å². The van der Waals surface area contributed by atoms with Crippen LogP contribution in [0.5, 0.6) is 0 Å². The predicted molar refractivity (Wildman–Crippen MR) is 112 cm³/mol. The second-order valence-electron chi connectivity index (χ2n) is 6.78. The van der Waals surface area contributed by atoms with E-state index in [1.807, 2.05) is 13.8 Å². The zero-order valence-corrected chi connectivity index (χ0v) is 17.3. The molecule has 0 aromatic heterocycles. The SMILES string of the molecule is C/C=N\C(CC)=N\N(OCCCC)c1cc(NC(O)N2CC[C@@H](F)C2)ccc1F. The van der Waals surface area contributed by atoms with E-state index in [2.05, 4.69) is 15.4 Å². The molecule has 1 heterocycles. The summed E-state index contributed by atoms with van der Waals surface area (Å²) >= 11 is 0. The number of rotatable bonds is 10. The van der Waals surface area contributed by atoms with Gasteiger partial charge in [-0.15, -0.1) is 10.3 Å². The van der Waals surface area contributed by atoms with Crippen molar-refractivity contribution in [3.63, 3.8) is 0 Å². The Balaban J connectivity index is 2.23. The Morgan fingerprint density at radius 3 is 2.90 bits per heavy atom. The normalized spacial score (nSPS) is 19.1. The first-order chi connectivity index (χ1) is 14.0. The number of halogens is 2. The van der Waals surface area contributed by atoms with E-state index in [0.717, 1.165) is 18.0 Å². The standard InChI is InChI=1S/C20H31F2N5O2/c1-4-7-12-29-27(25-19(5-2)23-6-3)18-13-16(8-9-17(18)22)24-20(28)26-11-10-15(21)14-26/h6,8-9,13,15,20,24,28H,4-5,7,10-12,14H2,1-3H3/b23-6-,25-19+/t15-,20?/m1/s1. The lowest BCUT2D eigenvalue weighted by atomic mass is 10.2. The summed E-state index contributed by atoms with van der Waals surface area (Å²) in [5, 5.41) is 18.7. The molecule has 1 aliphatic rings. The zero-order chi connectivity index (χ0) is 21.2. The number of hydrazone groups is 1. The van der Waals surface area contributed by atoms with Crippen LogP contribution in [0, 0.1) is 5.82 Å². The molecule has 0 spiro atoms. The van der Waals surface area contributed by atoms with Crippen molar-refractivity contribution in [2.75, 3.05) is 30.2 Å². The molecule has 0 bridgehead atoms. The van der Waals surface area contributed by atoms with E-state index >= 15 is 0 Å². The fourth-order valence-electron chi connectivity index (χ4n) is 2.84. The number of nitrogens with one attached hydrogen (secondary N) is 1. The first-order valence-electron chi connectivity index (χ1n) is 10.1. The van der Waals surface area contributed by atoms with Gasteiger partial charge in [-0.1, -0.05) is 20.3 Å². The molecule has 1 saturated heterocycles. The summed E-state index contributed by atoms with van der Waals surface area (Å²) < 4.78 is 28.0. The van der Waals surface area contributed by atoms with Crippen LogP contribution in [-0.4, -0.2) is 54.3 Å². The molecule has 2 N–H and O–H groups in total. The van der Waals surface area contributed by atoms with Gasteiger partial charge in [0.15, 0.2) is 18.0 Å². The van der Waals surface area contributed by atoms with Gasteiger partial charge in [0, 0.05) is 31.4 Å². The lowest BCUT2D eigenvalue weighted by Crippen LogP contribution is -2.39. The van der Waals surface area contributed by atoms with Crippen molar-refractivity contribution in [2.45, 2.75) is 59.0 Å². The van der Waals surface area contributed by atoms with Crippen molar-refractivity contribution in [1.82, 2.24) is 4.90 Å². The van der Waals surface area contributed by atoms with Crippen molar-refractivity contribution in [3.8, 4) is 0 Å². The van der Waals surface area contributed by atoms with Crippen molar-refractivity contribution in [3.05, 3.63) is 24.0 Å². The third-order valence-corrected chi connectivity index (χ3v) is 4.47. The van der Waals surface area contributed by atoms with E-state index in [0.29, 0.717) is 37.5 Å². The van der Waals surface area contributed by atoms with Crippen molar-refractivity contribution < 1.29 is 18.7 Å². The Morgan fingerprint density at radius 2 is 2.28 bits per heavy atom. The van der Waals surface area contributed by atoms with Gasteiger partial charge in [-0.05, 0) is 38.0 Å². The predicted octanol–water partition coefficient (Wildman–Crippen LogP) is 3.91. The molecule has 0 saturated carbocycles. The van der Waals surface area contributed by atoms with E-state index < -0.39 is 18.3 Å². The Labute approximate surface area is 171 Å². The third kappa shape index (κ3) is 7.02. The molecule has 29 heavy (non-hydrogen) atoms. The second kappa shape index (κ2) is 11.8. The summed E-state index contributed by atoms with van der Waals surface area (Å²) in [7, 11) is 0. The largest absolute Gasteiger partial charge is 0.361 e. The van der Waals surface area contributed by atoms with Gasteiger partial charge >= 0.3 is 0 Å². The molecule has 2 atom stereocenters. The van der Waals surface area contributed by atoms with Crippen LogP contribution in [0.25, 0.3) is 0 Å². The van der Waals surface area contributed by atoms with Gasteiger partial charge in [0.1, 0.15) is 11.9 Å². The molecule has 1 fully saturated rings. The van der Waals surface area contributed by atoms with Crippen molar-refractivity contribution in [1.29, 1.82) is 0 Å². The lowest BCUT2D eigenvalue weighted by molar-refractivity contribution is 0.0401. The summed E-state index contributed by atoms with van der Waals surface area (Å²) in [5.41, 5.74) is 0.563. The summed E-state index contributed by atoms with van der Waals surface area (Å²) in [4.78, 5) is 11.5. The lowest BCUT2D eigenvalue weighted by Gasteiger charge is -2.25. The number of anilines is 2. The first-order valence-corrected chi connectivity index (χ1v) is 10.1. The van der Waals surface area contributed by atoms with Crippen LogP contribution in [-0.2, 0) is 4.84 Å². The van der Waals surface area contributed by atoms with Crippen molar-refractivity contribution >= 4 is 23.4 Å². The van der Waals surface area contributed by atoms with Gasteiger partial charge in [0.25, 0.3) is 0 Å². The van der Waals surface area contributed by atoms with Crippen LogP contribution in [0.3, 0.4) is 0 Å². The Hall–Kier alpha value is -2.10. The molecule has 9 heteroatoms. The summed E-state index contributed by atoms with van der Waals surface area (Å²) in [6, 6.07) is 4.27. The number of alkyl halides is 1. The highest BCUT2D eigenvalue weighted by Crippen LogP contribution is 2.26. The van der Waals surface area contributed by atoms with Gasteiger partial charge in [0.05, 0.1) is 6.61 Å². The van der Waals surface area contributed by atoms with Gasteiger partial charge in [-0.2, -0.15) is 0 Å². The van der Waals surface area contributed by atoms with E-state index in [1.165, 1.54) is 18.2 Å². The quantitative estimate of drug-likeness (QED) is 0.201. The Morgan fingerprint density at radius 1 is 1.48 bits per heavy atom. The van der Waals surface area contributed by atoms with Crippen molar-refractivity contribution in [2.24, 2.45) is 10.1 Å². The van der Waals surface area contributed by atoms with Gasteiger partial charge in [-0.3, -0.25) is 9.74 Å². The average molecular weight is 411 g/mol. The molecular weight excluding hydrogens is 380 g/mol. The van der Waals surface area contributed by atoms with Crippen LogP contribution in [0.4, 0.5) is 20.2 Å². The smallest absolute Gasteiger partial charge is 0.184 e. The van der Waals surface area contributed by atoms with E-state index in [9.17, 15) is 13.9 Å². The topological polar surface area (TPSA) is 72.7 Å². The van der Waals surface area contributed by atoms with E-state index in [1.54, 1.807) is 18.0 Å². The molecular formula is C20H31F2N5O2. The average Bonchev–Trinajstić information content (AvgIpc) is 3.14. The molecule has 1 unspecified atom stereocenters. The Bertz CT molecular complexity index is 701. The summed E-state index contributed by atoms with van der Waals surface area (Å²) in [6.45, 7) is 6.69. The van der Waals surface area contributed by atoms with Crippen LogP contribution in [0.2, 0.25) is 0 Å². The minimum atomic E-state index is -1.07. The number of aliphatic imine (C=N–C) groups is 1. The highest BCUT2D eigenvalue weighted by molar-refractivity contribution is 5.89. The monoisotopic (exact) mass is 411 g/mol.